The lowest BCUT2D eigenvalue weighted by Crippen LogP contribution is -2.44. The van der Waals surface area contributed by atoms with E-state index < -0.39 is 5.25 Å². The van der Waals surface area contributed by atoms with Crippen LogP contribution >= 0.6 is 35.0 Å². The third-order valence-electron chi connectivity index (χ3n) is 5.65. The van der Waals surface area contributed by atoms with Gasteiger partial charge in [0.2, 0.25) is 11.8 Å². The van der Waals surface area contributed by atoms with Gasteiger partial charge in [-0.05, 0) is 60.2 Å². The van der Waals surface area contributed by atoms with E-state index in [1.54, 1.807) is 74.8 Å². The molecule has 0 spiro atoms. The van der Waals surface area contributed by atoms with Gasteiger partial charge in [0, 0.05) is 22.2 Å². The highest BCUT2D eigenvalue weighted by atomic mass is 35.5. The Bertz CT molecular complexity index is 1350. The van der Waals surface area contributed by atoms with Gasteiger partial charge in [-0.2, -0.15) is 0 Å². The van der Waals surface area contributed by atoms with Crippen molar-refractivity contribution in [3.8, 4) is 17.2 Å². The average Bonchev–Trinajstić information content (AvgIpc) is 2.90. The lowest BCUT2D eigenvalue weighted by Gasteiger charge is -2.32. The van der Waals surface area contributed by atoms with Crippen molar-refractivity contribution in [3.63, 3.8) is 0 Å². The minimum Gasteiger partial charge on any atom is -0.497 e. The number of anilines is 1. The third-order valence-corrected chi connectivity index (χ3v) is 7.27. The number of methoxy groups -OCH3 is 3. The van der Waals surface area contributed by atoms with E-state index in [2.05, 4.69) is 5.32 Å². The molecule has 0 bridgehead atoms. The van der Waals surface area contributed by atoms with Crippen LogP contribution in [0, 0.1) is 0 Å². The Hall–Kier alpha value is -3.40. The van der Waals surface area contributed by atoms with E-state index in [1.165, 1.54) is 11.8 Å². The van der Waals surface area contributed by atoms with E-state index >= 15 is 0 Å². The van der Waals surface area contributed by atoms with Crippen LogP contribution in [0.2, 0.25) is 10.0 Å². The predicted octanol–water partition coefficient (Wildman–Crippen LogP) is 6.18. The molecule has 1 aliphatic heterocycles. The first-order chi connectivity index (χ1) is 18.3. The molecule has 198 valence electrons. The topological polar surface area (TPSA) is 89.5 Å². The fraction of sp³-hybridized carbons (Fsp3) is 0.222. The molecule has 4 rings (SSSR count). The van der Waals surface area contributed by atoms with Gasteiger partial charge in [0.1, 0.15) is 11.0 Å². The second kappa shape index (κ2) is 12.4. The summed E-state index contributed by atoms with van der Waals surface area (Å²) < 4.78 is 16.0. The molecule has 0 aromatic heterocycles. The monoisotopic (exact) mass is 573 g/mol. The number of halogens is 2. The van der Waals surface area contributed by atoms with Gasteiger partial charge in [-0.15, -0.1) is 0 Å². The van der Waals surface area contributed by atoms with E-state index in [1.807, 2.05) is 12.1 Å². The number of nitrogens with zero attached hydrogens (tertiary/aromatic N) is 2. The minimum absolute atomic E-state index is 0.0142. The summed E-state index contributed by atoms with van der Waals surface area (Å²) in [7, 11) is 4.69. The number of nitrogens with one attached hydrogen (secondary N) is 1. The van der Waals surface area contributed by atoms with Gasteiger partial charge < -0.3 is 19.5 Å². The number of aliphatic imine (C=N–C) groups is 1. The normalized spacial score (nSPS) is 16.3. The van der Waals surface area contributed by atoms with E-state index in [0.717, 1.165) is 5.56 Å². The predicted molar refractivity (Wildman–Crippen MR) is 151 cm³/mol. The molecule has 0 aliphatic carbocycles. The maximum absolute atomic E-state index is 13.4. The number of hydrogen-bond donors (Lipinski definition) is 1. The van der Waals surface area contributed by atoms with E-state index in [-0.39, 0.29) is 24.8 Å². The second-order valence-electron chi connectivity index (χ2n) is 8.22. The number of carbonyl (C=O) groups is 2. The molecule has 8 nitrogen and oxygen atoms in total. The fourth-order valence-corrected chi connectivity index (χ4v) is 5.40. The second-order valence-corrected chi connectivity index (χ2v) is 10.3. The number of amidine groups is 1. The van der Waals surface area contributed by atoms with Crippen molar-refractivity contribution in [1.29, 1.82) is 0 Å². The number of amides is 2. The third kappa shape index (κ3) is 6.72. The van der Waals surface area contributed by atoms with Crippen molar-refractivity contribution in [3.05, 3.63) is 76.3 Å². The zero-order chi connectivity index (χ0) is 27.2. The molecule has 1 atom stereocenters. The van der Waals surface area contributed by atoms with Crippen molar-refractivity contribution in [1.82, 2.24) is 4.90 Å². The zero-order valence-electron chi connectivity index (χ0n) is 20.9. The number of benzene rings is 3. The Morgan fingerprint density at radius 3 is 2.29 bits per heavy atom. The Morgan fingerprint density at radius 2 is 1.66 bits per heavy atom. The molecule has 1 heterocycles. The summed E-state index contributed by atoms with van der Waals surface area (Å²) in [6.07, 6.45) is -0.0142. The van der Waals surface area contributed by atoms with Gasteiger partial charge in [-0.3, -0.25) is 14.5 Å². The summed E-state index contributed by atoms with van der Waals surface area (Å²) >= 11 is 13.3. The highest BCUT2D eigenvalue weighted by Crippen LogP contribution is 2.34. The maximum atomic E-state index is 13.4. The van der Waals surface area contributed by atoms with Crippen LogP contribution in [0.1, 0.15) is 12.0 Å². The van der Waals surface area contributed by atoms with Crippen LogP contribution in [0.25, 0.3) is 0 Å². The first-order valence-electron chi connectivity index (χ1n) is 11.5. The lowest BCUT2D eigenvalue weighted by molar-refractivity contribution is -0.129. The van der Waals surface area contributed by atoms with Crippen LogP contribution in [0.15, 0.2) is 65.7 Å². The first-order valence-corrected chi connectivity index (χ1v) is 13.1. The van der Waals surface area contributed by atoms with Crippen LogP contribution in [-0.4, -0.2) is 48.5 Å². The molecule has 1 saturated heterocycles. The maximum Gasteiger partial charge on any atom is 0.238 e. The summed E-state index contributed by atoms with van der Waals surface area (Å²) in [6.45, 7) is 0.236. The molecule has 3 aromatic rings. The Balaban J connectivity index is 1.62. The number of rotatable bonds is 8. The molecule has 1 aliphatic rings. The van der Waals surface area contributed by atoms with Gasteiger partial charge in [0.25, 0.3) is 0 Å². The summed E-state index contributed by atoms with van der Waals surface area (Å²) in [4.78, 5) is 32.8. The Morgan fingerprint density at radius 1 is 0.974 bits per heavy atom. The summed E-state index contributed by atoms with van der Waals surface area (Å²) in [5.74, 6) is 1.22. The Kier molecular flexibility index (Phi) is 9.04. The number of hydrogen-bond acceptors (Lipinski definition) is 7. The van der Waals surface area contributed by atoms with Gasteiger partial charge in [-0.25, -0.2) is 4.99 Å². The smallest absolute Gasteiger partial charge is 0.238 e. The average molecular weight is 574 g/mol. The quantitative estimate of drug-likeness (QED) is 0.346. The molecule has 0 radical (unpaired) electrons. The van der Waals surface area contributed by atoms with Crippen molar-refractivity contribution in [2.75, 3.05) is 26.6 Å². The lowest BCUT2D eigenvalue weighted by atomic mass is 10.1. The first kappa shape index (κ1) is 27.6. The van der Waals surface area contributed by atoms with E-state index in [4.69, 9.17) is 42.4 Å². The van der Waals surface area contributed by atoms with Gasteiger partial charge in [-0.1, -0.05) is 41.0 Å². The van der Waals surface area contributed by atoms with Crippen LogP contribution in [0.3, 0.4) is 0 Å². The molecule has 1 N–H and O–H groups in total. The van der Waals surface area contributed by atoms with Gasteiger partial charge in [0.15, 0.2) is 16.7 Å². The van der Waals surface area contributed by atoms with Crippen molar-refractivity contribution in [2.45, 2.75) is 18.2 Å². The number of carbonyl (C=O) groups excluding carboxylic acids is 2. The SMILES string of the molecule is COc1ccc(N=C2SC(C(=O)Nc3cc(Cl)cc(Cl)c3)CC(=O)N2Cc2ccc(OC)c(OC)c2)cc1. The van der Waals surface area contributed by atoms with Crippen molar-refractivity contribution < 1.29 is 23.8 Å². The summed E-state index contributed by atoms with van der Waals surface area (Å²) in [5, 5.41) is 3.27. The summed E-state index contributed by atoms with van der Waals surface area (Å²) in [6, 6.07) is 17.3. The van der Waals surface area contributed by atoms with Crippen LogP contribution in [0.5, 0.6) is 17.2 Å². The molecule has 11 heteroatoms. The van der Waals surface area contributed by atoms with E-state index in [0.29, 0.717) is 43.8 Å². The number of thioether (sulfide) groups is 1. The van der Waals surface area contributed by atoms with E-state index in [9.17, 15) is 9.59 Å². The molecule has 38 heavy (non-hydrogen) atoms. The molecule has 1 unspecified atom stereocenters. The highest BCUT2D eigenvalue weighted by molar-refractivity contribution is 8.15. The minimum atomic E-state index is -0.709. The molecule has 2 amide bonds. The molecular formula is C27H25Cl2N3O5S. The fourth-order valence-electron chi connectivity index (χ4n) is 3.77. The largest absolute Gasteiger partial charge is 0.497 e. The van der Waals surface area contributed by atoms with Crippen LogP contribution < -0.4 is 19.5 Å². The zero-order valence-corrected chi connectivity index (χ0v) is 23.2. The molecule has 0 saturated carbocycles. The van der Waals surface area contributed by atoms with Crippen LogP contribution in [0.4, 0.5) is 11.4 Å². The van der Waals surface area contributed by atoms with Crippen LogP contribution in [-0.2, 0) is 16.1 Å². The molecule has 3 aromatic carbocycles. The molecule has 1 fully saturated rings. The number of ether oxygens (including phenoxy) is 3. The van der Waals surface area contributed by atoms with Gasteiger partial charge >= 0.3 is 0 Å². The summed E-state index contributed by atoms with van der Waals surface area (Å²) in [5.41, 5.74) is 1.87. The standard InChI is InChI=1S/C27H25Cl2N3O5S/c1-35-21-7-5-19(6-8-21)31-27-32(15-16-4-9-22(36-2)23(10-16)37-3)25(33)14-24(38-27)26(34)30-20-12-17(28)11-18(29)13-20/h4-13,24H,14-15H2,1-3H3,(H,30,34). The van der Waals surface area contributed by atoms with Crippen molar-refractivity contribution in [2.24, 2.45) is 4.99 Å². The van der Waals surface area contributed by atoms with Gasteiger partial charge in [0.05, 0.1) is 33.6 Å². The van der Waals surface area contributed by atoms with Crippen molar-refractivity contribution >= 4 is 63.3 Å². The Labute approximate surface area is 234 Å². The highest BCUT2D eigenvalue weighted by Gasteiger charge is 2.36. The molecular weight excluding hydrogens is 549 g/mol.